The van der Waals surface area contributed by atoms with Gasteiger partial charge in [0.2, 0.25) is 0 Å². The number of aliphatic hydroxyl groups excluding tert-OH is 2. The number of hydrogen-bond acceptors (Lipinski definition) is 4. The number of ether oxygens (including phenoxy) is 1. The number of rotatable bonds is 3. The Morgan fingerprint density at radius 1 is 1.14 bits per heavy atom. The smallest absolute Gasteiger partial charge is 0.396 e. The monoisotopic (exact) mass is 326 g/mol. The number of fused-ring (bicyclic) bond motifs is 1. The van der Waals surface area contributed by atoms with E-state index in [0.717, 1.165) is 6.42 Å². The van der Waals surface area contributed by atoms with Crippen LogP contribution in [0.4, 0.5) is 13.2 Å². The third-order valence-electron chi connectivity index (χ3n) is 5.43. The Kier molecular flexibility index (Phi) is 5.12. The van der Waals surface area contributed by atoms with E-state index in [1.165, 1.54) is 0 Å². The molecule has 0 spiro atoms. The molecule has 22 heavy (non-hydrogen) atoms. The molecule has 0 amide bonds. The first kappa shape index (κ1) is 18.0. The zero-order chi connectivity index (χ0) is 16.7. The zero-order valence-electron chi connectivity index (χ0n) is 12.9. The van der Waals surface area contributed by atoms with E-state index in [9.17, 15) is 28.5 Å². The van der Waals surface area contributed by atoms with Crippen LogP contribution >= 0.6 is 0 Å². The van der Waals surface area contributed by atoms with Crippen LogP contribution < -0.4 is 0 Å². The summed E-state index contributed by atoms with van der Waals surface area (Å²) >= 11 is 0. The highest BCUT2D eigenvalue weighted by Crippen LogP contribution is 2.48. The van der Waals surface area contributed by atoms with E-state index in [-0.39, 0.29) is 30.3 Å². The van der Waals surface area contributed by atoms with Crippen molar-refractivity contribution in [3.8, 4) is 0 Å². The van der Waals surface area contributed by atoms with Gasteiger partial charge in [-0.25, -0.2) is 0 Å². The minimum Gasteiger partial charge on any atom is -0.396 e. The summed E-state index contributed by atoms with van der Waals surface area (Å²) in [5.41, 5.74) is -0.352. The van der Waals surface area contributed by atoms with Gasteiger partial charge in [-0.2, -0.15) is 13.2 Å². The maximum absolute atomic E-state index is 13.1. The van der Waals surface area contributed by atoms with Crippen molar-refractivity contribution in [2.45, 2.75) is 64.2 Å². The molecule has 2 aliphatic rings. The van der Waals surface area contributed by atoms with Gasteiger partial charge < -0.3 is 20.1 Å². The summed E-state index contributed by atoms with van der Waals surface area (Å²) < 4.78 is 44.6. The van der Waals surface area contributed by atoms with Crippen molar-refractivity contribution in [1.29, 1.82) is 0 Å². The lowest BCUT2D eigenvalue weighted by Crippen LogP contribution is -2.54. The van der Waals surface area contributed by atoms with Crippen molar-refractivity contribution in [3.63, 3.8) is 0 Å². The highest BCUT2D eigenvalue weighted by Gasteiger charge is 2.54. The average molecular weight is 326 g/mol. The molecule has 0 bridgehead atoms. The number of alkyl halides is 3. The van der Waals surface area contributed by atoms with E-state index < -0.39 is 30.6 Å². The van der Waals surface area contributed by atoms with Crippen molar-refractivity contribution in [3.05, 3.63) is 0 Å². The molecule has 1 heterocycles. The van der Waals surface area contributed by atoms with Crippen LogP contribution in [0.2, 0.25) is 0 Å². The van der Waals surface area contributed by atoms with Gasteiger partial charge in [0.05, 0.1) is 6.10 Å². The predicted octanol–water partition coefficient (Wildman–Crippen LogP) is 2.07. The molecule has 1 aliphatic heterocycles. The Morgan fingerprint density at radius 3 is 2.27 bits per heavy atom. The predicted molar refractivity (Wildman–Crippen MR) is 72.7 cm³/mol. The molecule has 1 aliphatic carbocycles. The second kappa shape index (κ2) is 6.26. The highest BCUT2D eigenvalue weighted by atomic mass is 19.4. The van der Waals surface area contributed by atoms with Gasteiger partial charge >= 0.3 is 6.18 Å². The molecular formula is C15H25F3O4. The Morgan fingerprint density at radius 2 is 1.77 bits per heavy atom. The molecule has 1 saturated heterocycles. The van der Waals surface area contributed by atoms with E-state index in [4.69, 9.17) is 4.74 Å². The Labute approximate surface area is 128 Å². The third kappa shape index (κ3) is 3.58. The molecule has 0 aromatic heterocycles. The largest absolute Gasteiger partial charge is 0.415 e. The van der Waals surface area contributed by atoms with Gasteiger partial charge in [0, 0.05) is 12.5 Å². The van der Waals surface area contributed by atoms with Crippen molar-refractivity contribution in [1.82, 2.24) is 0 Å². The first-order chi connectivity index (χ1) is 10.1. The normalized spacial score (nSPS) is 37.2. The quantitative estimate of drug-likeness (QED) is 0.695. The molecule has 3 N–H and O–H groups in total. The number of aliphatic hydroxyl groups is 3. The van der Waals surface area contributed by atoms with E-state index >= 15 is 0 Å². The fourth-order valence-corrected chi connectivity index (χ4v) is 3.83. The molecule has 2 rings (SSSR count). The van der Waals surface area contributed by atoms with Crippen LogP contribution in [0, 0.1) is 23.2 Å². The summed E-state index contributed by atoms with van der Waals surface area (Å²) in [4.78, 5) is 0. The van der Waals surface area contributed by atoms with Crippen molar-refractivity contribution in [2.75, 3.05) is 6.61 Å². The minimum absolute atomic E-state index is 0.0181. The average Bonchev–Trinajstić information content (AvgIpc) is 2.44. The lowest BCUT2D eigenvalue weighted by molar-refractivity contribution is -0.302. The molecule has 0 radical (unpaired) electrons. The van der Waals surface area contributed by atoms with Crippen LogP contribution in [0.3, 0.4) is 0 Å². The van der Waals surface area contributed by atoms with Gasteiger partial charge in [-0.05, 0) is 42.9 Å². The zero-order valence-corrected chi connectivity index (χ0v) is 12.9. The van der Waals surface area contributed by atoms with Gasteiger partial charge in [0.15, 0.2) is 12.4 Å². The van der Waals surface area contributed by atoms with Gasteiger partial charge in [-0.1, -0.05) is 13.8 Å². The van der Waals surface area contributed by atoms with Crippen LogP contribution in [0.25, 0.3) is 0 Å². The minimum atomic E-state index is -4.61. The molecule has 5 unspecified atom stereocenters. The SMILES string of the molecule is CC(C)(CO)C1CCC2CC(C(O)O)C(C(F)(F)F)OC2C1. The molecule has 7 heteroatoms. The van der Waals surface area contributed by atoms with Gasteiger partial charge in [-0.15, -0.1) is 0 Å². The first-order valence-electron chi connectivity index (χ1n) is 7.75. The maximum atomic E-state index is 13.1. The topological polar surface area (TPSA) is 69.9 Å². The Bertz CT molecular complexity index is 383. The van der Waals surface area contributed by atoms with E-state index in [0.29, 0.717) is 12.8 Å². The van der Waals surface area contributed by atoms with Crippen molar-refractivity contribution < 1.29 is 33.2 Å². The lowest BCUT2D eigenvalue weighted by Gasteiger charge is -2.49. The molecule has 1 saturated carbocycles. The summed E-state index contributed by atoms with van der Waals surface area (Å²) in [6.07, 6.45) is -7.23. The molecule has 5 atom stereocenters. The second-order valence-electron chi connectivity index (χ2n) is 7.37. The van der Waals surface area contributed by atoms with Crippen LogP contribution in [-0.2, 0) is 4.74 Å². The van der Waals surface area contributed by atoms with Gasteiger partial charge in [0.25, 0.3) is 0 Å². The van der Waals surface area contributed by atoms with Gasteiger partial charge in [0.1, 0.15) is 0 Å². The summed E-state index contributed by atoms with van der Waals surface area (Å²) in [5, 5.41) is 28.0. The standard InChI is InChI=1S/C15H25F3O4/c1-14(2,7-19)9-4-3-8-5-10(13(20)21)12(15(16,17)18)22-11(8)6-9/h8-13,19-21H,3-7H2,1-2H3. The van der Waals surface area contributed by atoms with E-state index in [1.807, 2.05) is 13.8 Å². The third-order valence-corrected chi connectivity index (χ3v) is 5.43. The van der Waals surface area contributed by atoms with Crippen LogP contribution in [0.5, 0.6) is 0 Å². The molecular weight excluding hydrogens is 301 g/mol. The van der Waals surface area contributed by atoms with Crippen LogP contribution in [-0.4, -0.2) is 46.6 Å². The molecule has 0 aromatic carbocycles. The summed E-state index contributed by atoms with van der Waals surface area (Å²) in [5.74, 6) is -1.32. The first-order valence-corrected chi connectivity index (χ1v) is 7.75. The Hall–Kier alpha value is -0.370. The molecule has 4 nitrogen and oxygen atoms in total. The summed E-state index contributed by atoms with van der Waals surface area (Å²) in [6.45, 7) is 3.79. The Balaban J connectivity index is 2.13. The van der Waals surface area contributed by atoms with Gasteiger partial charge in [-0.3, -0.25) is 0 Å². The summed E-state index contributed by atoms with van der Waals surface area (Å²) in [6, 6.07) is 0. The van der Waals surface area contributed by atoms with Crippen LogP contribution in [0.15, 0.2) is 0 Å². The fraction of sp³-hybridized carbons (Fsp3) is 1.00. The molecule has 2 fully saturated rings. The van der Waals surface area contributed by atoms with Crippen molar-refractivity contribution in [2.24, 2.45) is 23.2 Å². The second-order valence-corrected chi connectivity index (χ2v) is 7.37. The fourth-order valence-electron chi connectivity index (χ4n) is 3.83. The maximum Gasteiger partial charge on any atom is 0.415 e. The highest BCUT2D eigenvalue weighted by molar-refractivity contribution is 4.95. The lowest BCUT2D eigenvalue weighted by atomic mass is 9.65. The van der Waals surface area contributed by atoms with E-state index in [2.05, 4.69) is 0 Å². The van der Waals surface area contributed by atoms with Crippen LogP contribution in [0.1, 0.15) is 39.5 Å². The number of hydrogen-bond donors (Lipinski definition) is 3. The molecule has 0 aromatic rings. The number of halogens is 3. The van der Waals surface area contributed by atoms with Crippen molar-refractivity contribution >= 4 is 0 Å². The van der Waals surface area contributed by atoms with E-state index in [1.54, 1.807) is 0 Å². The summed E-state index contributed by atoms with van der Waals surface area (Å²) in [7, 11) is 0. The molecule has 130 valence electrons.